The molecule has 0 spiro atoms. The first-order chi connectivity index (χ1) is 12.7. The van der Waals surface area contributed by atoms with Crippen molar-refractivity contribution in [3.63, 3.8) is 0 Å². The molecule has 9 nitrogen and oxygen atoms in total. The molecule has 0 aromatic heterocycles. The Kier molecular flexibility index (Phi) is 9.14. The van der Waals surface area contributed by atoms with E-state index < -0.39 is 31.5 Å². The number of benzene rings is 1. The largest absolute Gasteiger partial charge is 0.479 e. The highest BCUT2D eigenvalue weighted by Crippen LogP contribution is 2.51. The van der Waals surface area contributed by atoms with Gasteiger partial charge in [0.2, 0.25) is 11.9 Å². The zero-order valence-electron chi connectivity index (χ0n) is 15.5. The topological polar surface area (TPSA) is 128 Å². The predicted octanol–water partition coefficient (Wildman–Crippen LogP) is 2.09. The van der Waals surface area contributed by atoms with E-state index in [9.17, 15) is 18.9 Å². The number of carboxylic acid groups (broad SMARTS) is 1. The summed E-state index contributed by atoms with van der Waals surface area (Å²) in [5.74, 6) is -3.23. The summed E-state index contributed by atoms with van der Waals surface area (Å²) in [7, 11) is -3.22. The fraction of sp³-hybridized carbons (Fsp3) is 0.471. The number of esters is 1. The van der Waals surface area contributed by atoms with E-state index >= 15 is 0 Å². The first-order valence-corrected chi connectivity index (χ1v) is 10.1. The van der Waals surface area contributed by atoms with Gasteiger partial charge in [-0.15, -0.1) is 0 Å². The standard InChI is InChI=1S/C17H24NO8P/c1-4-25-27(23,26-5-2)11-14-8-6-13(7-9-14)10-24-17(22)15(16(20)21)18-12(3)19/h6-9,15H,4-5,10-11H2,1-3H3,(H,18,19)(H,20,21). The van der Waals surface area contributed by atoms with Crippen LogP contribution in [0.4, 0.5) is 0 Å². The fourth-order valence-electron chi connectivity index (χ4n) is 2.15. The van der Waals surface area contributed by atoms with Crippen molar-refractivity contribution in [1.29, 1.82) is 0 Å². The first-order valence-electron chi connectivity index (χ1n) is 8.33. The van der Waals surface area contributed by atoms with Crippen molar-refractivity contribution in [2.24, 2.45) is 0 Å². The van der Waals surface area contributed by atoms with Crippen LogP contribution >= 0.6 is 7.60 Å². The quantitative estimate of drug-likeness (QED) is 0.328. The van der Waals surface area contributed by atoms with E-state index in [1.807, 2.05) is 5.32 Å². The normalized spacial score (nSPS) is 12.3. The molecule has 10 heteroatoms. The summed E-state index contributed by atoms with van der Waals surface area (Å²) < 4.78 is 27.9. The Bertz CT molecular complexity index is 693. The van der Waals surface area contributed by atoms with Crippen molar-refractivity contribution in [2.45, 2.75) is 39.6 Å². The smallest absolute Gasteiger partial charge is 0.340 e. The van der Waals surface area contributed by atoms with Gasteiger partial charge in [0, 0.05) is 6.92 Å². The summed E-state index contributed by atoms with van der Waals surface area (Å²) >= 11 is 0. The third-order valence-corrected chi connectivity index (χ3v) is 5.32. The number of hydrogen-bond donors (Lipinski definition) is 2. The zero-order valence-corrected chi connectivity index (χ0v) is 16.4. The lowest BCUT2D eigenvalue weighted by Gasteiger charge is -2.17. The van der Waals surface area contributed by atoms with Crippen LogP contribution in [0.15, 0.2) is 24.3 Å². The molecular weight excluding hydrogens is 377 g/mol. The molecule has 0 saturated carbocycles. The Labute approximate surface area is 157 Å². The molecular formula is C17H24NO8P. The summed E-state index contributed by atoms with van der Waals surface area (Å²) in [5, 5.41) is 11.0. The summed E-state index contributed by atoms with van der Waals surface area (Å²) in [6.07, 6.45) is 0.109. The first kappa shape index (κ1) is 22.8. The van der Waals surface area contributed by atoms with E-state index in [2.05, 4.69) is 0 Å². The number of hydrogen-bond acceptors (Lipinski definition) is 7. The molecule has 0 fully saturated rings. The van der Waals surface area contributed by atoms with Crippen LogP contribution in [-0.2, 0) is 45.5 Å². The number of aliphatic carboxylic acids is 1. The maximum absolute atomic E-state index is 12.5. The average molecular weight is 401 g/mol. The van der Waals surface area contributed by atoms with E-state index in [0.29, 0.717) is 5.56 Å². The van der Waals surface area contributed by atoms with Crippen molar-refractivity contribution in [3.05, 3.63) is 35.4 Å². The third-order valence-electron chi connectivity index (χ3n) is 3.26. The van der Waals surface area contributed by atoms with Crippen LogP contribution in [-0.4, -0.2) is 42.2 Å². The van der Waals surface area contributed by atoms with Gasteiger partial charge in [-0.25, -0.2) is 9.59 Å². The molecule has 1 aromatic rings. The number of carboxylic acids is 1. The van der Waals surface area contributed by atoms with Gasteiger partial charge in [-0.1, -0.05) is 24.3 Å². The van der Waals surface area contributed by atoms with Crippen LogP contribution in [0.2, 0.25) is 0 Å². The van der Waals surface area contributed by atoms with E-state index in [4.69, 9.17) is 18.9 Å². The molecule has 0 bridgehead atoms. The van der Waals surface area contributed by atoms with Crippen LogP contribution < -0.4 is 5.32 Å². The maximum Gasteiger partial charge on any atom is 0.340 e. The number of carbonyl (C=O) groups is 3. The van der Waals surface area contributed by atoms with Gasteiger partial charge in [0.05, 0.1) is 19.4 Å². The van der Waals surface area contributed by atoms with Gasteiger partial charge < -0.3 is 24.2 Å². The highest BCUT2D eigenvalue weighted by Gasteiger charge is 2.28. The molecule has 1 amide bonds. The molecule has 0 aliphatic heterocycles. The van der Waals surface area contributed by atoms with Gasteiger partial charge >= 0.3 is 19.5 Å². The monoisotopic (exact) mass is 401 g/mol. The Morgan fingerprint density at radius 2 is 1.59 bits per heavy atom. The molecule has 0 heterocycles. The summed E-state index contributed by atoms with van der Waals surface area (Å²) in [6, 6.07) is 4.93. The Balaban J connectivity index is 2.69. The highest BCUT2D eigenvalue weighted by molar-refractivity contribution is 7.53. The molecule has 150 valence electrons. The number of ether oxygens (including phenoxy) is 1. The molecule has 0 aliphatic carbocycles. The van der Waals surface area contributed by atoms with Crippen molar-refractivity contribution >= 4 is 25.4 Å². The van der Waals surface area contributed by atoms with Gasteiger partial charge in [-0.3, -0.25) is 9.36 Å². The molecule has 2 N–H and O–H groups in total. The van der Waals surface area contributed by atoms with Crippen molar-refractivity contribution in [1.82, 2.24) is 5.32 Å². The maximum atomic E-state index is 12.5. The highest BCUT2D eigenvalue weighted by atomic mass is 31.2. The minimum atomic E-state index is -3.22. The predicted molar refractivity (Wildman–Crippen MR) is 96.0 cm³/mol. The number of rotatable bonds is 11. The number of carbonyl (C=O) groups excluding carboxylic acids is 2. The number of nitrogens with one attached hydrogen (secondary N) is 1. The Morgan fingerprint density at radius 1 is 1.07 bits per heavy atom. The summed E-state index contributed by atoms with van der Waals surface area (Å²) in [5.41, 5.74) is 1.32. The Morgan fingerprint density at radius 3 is 2.04 bits per heavy atom. The van der Waals surface area contributed by atoms with Crippen molar-refractivity contribution < 1.29 is 37.8 Å². The van der Waals surface area contributed by atoms with E-state index in [1.165, 1.54) is 0 Å². The lowest BCUT2D eigenvalue weighted by molar-refractivity contribution is -0.157. The molecule has 0 radical (unpaired) electrons. The van der Waals surface area contributed by atoms with Crippen LogP contribution in [0.3, 0.4) is 0 Å². The lowest BCUT2D eigenvalue weighted by Crippen LogP contribution is -2.46. The SMILES string of the molecule is CCOP(=O)(Cc1ccc(COC(=O)C(NC(C)=O)C(=O)O)cc1)OCC. The molecule has 1 rings (SSSR count). The molecule has 0 aliphatic rings. The number of amides is 1. The van der Waals surface area contributed by atoms with Crippen LogP contribution in [0.25, 0.3) is 0 Å². The molecule has 1 unspecified atom stereocenters. The fourth-order valence-corrected chi connectivity index (χ4v) is 3.85. The molecule has 0 saturated heterocycles. The van der Waals surface area contributed by atoms with E-state index in [0.717, 1.165) is 12.5 Å². The second kappa shape index (κ2) is 10.8. The van der Waals surface area contributed by atoms with E-state index in [1.54, 1.807) is 38.1 Å². The van der Waals surface area contributed by atoms with Gasteiger partial charge in [0.15, 0.2) is 0 Å². The van der Waals surface area contributed by atoms with Gasteiger partial charge in [-0.05, 0) is 25.0 Å². The van der Waals surface area contributed by atoms with Gasteiger partial charge in [0.25, 0.3) is 0 Å². The Hall–Kier alpha value is -2.22. The average Bonchev–Trinajstić information content (AvgIpc) is 2.58. The van der Waals surface area contributed by atoms with Crippen LogP contribution in [0.5, 0.6) is 0 Å². The van der Waals surface area contributed by atoms with E-state index in [-0.39, 0.29) is 26.0 Å². The third kappa shape index (κ3) is 7.90. The van der Waals surface area contributed by atoms with Crippen LogP contribution in [0.1, 0.15) is 31.9 Å². The van der Waals surface area contributed by atoms with Crippen LogP contribution in [0, 0.1) is 0 Å². The molecule has 1 atom stereocenters. The zero-order chi connectivity index (χ0) is 20.4. The minimum absolute atomic E-state index is 0.109. The second-order valence-electron chi connectivity index (χ2n) is 5.50. The summed E-state index contributed by atoms with van der Waals surface area (Å²) in [6.45, 7) is 4.93. The van der Waals surface area contributed by atoms with Gasteiger partial charge in [-0.2, -0.15) is 0 Å². The molecule has 1 aromatic carbocycles. The molecule has 27 heavy (non-hydrogen) atoms. The van der Waals surface area contributed by atoms with Gasteiger partial charge in [0.1, 0.15) is 6.61 Å². The minimum Gasteiger partial charge on any atom is -0.479 e. The van der Waals surface area contributed by atoms with Crippen molar-refractivity contribution in [3.8, 4) is 0 Å². The second-order valence-corrected chi connectivity index (χ2v) is 7.55. The van der Waals surface area contributed by atoms with Crippen molar-refractivity contribution in [2.75, 3.05) is 13.2 Å². The summed E-state index contributed by atoms with van der Waals surface area (Å²) in [4.78, 5) is 33.8. The lowest BCUT2D eigenvalue weighted by atomic mass is 10.2.